The lowest BCUT2D eigenvalue weighted by atomic mass is 9.97. The predicted octanol–water partition coefficient (Wildman–Crippen LogP) is 4.22. The lowest BCUT2D eigenvalue weighted by Gasteiger charge is -2.22. The number of fused-ring (bicyclic) bond motifs is 2. The van der Waals surface area contributed by atoms with Crippen LogP contribution in [0, 0.1) is 6.92 Å². The van der Waals surface area contributed by atoms with Crippen molar-refractivity contribution in [2.45, 2.75) is 38.8 Å². The van der Waals surface area contributed by atoms with E-state index in [1.165, 1.54) is 11.3 Å². The number of anilines is 1. The maximum atomic E-state index is 11.0. The van der Waals surface area contributed by atoms with Gasteiger partial charge in [0.2, 0.25) is 11.3 Å². The Morgan fingerprint density at radius 3 is 2.64 bits per heavy atom. The van der Waals surface area contributed by atoms with E-state index in [1.54, 1.807) is 0 Å². The Bertz CT molecular complexity index is 1630. The topological polar surface area (TPSA) is 118 Å². The molecule has 0 amide bonds. The molecule has 1 fully saturated rings. The van der Waals surface area contributed by atoms with Crippen LogP contribution >= 0.6 is 0 Å². The van der Waals surface area contributed by atoms with Gasteiger partial charge >= 0.3 is 0 Å². The third kappa shape index (κ3) is 5.32. The molecule has 0 spiro atoms. The first-order valence-corrected chi connectivity index (χ1v) is 14.1. The van der Waals surface area contributed by atoms with Gasteiger partial charge in [0.15, 0.2) is 5.82 Å². The van der Waals surface area contributed by atoms with Crippen LogP contribution in [-0.2, 0) is 29.1 Å². The standard InChI is InChI=1S/C28H31N7O3S/c1-19-16-23-22(18-30-33-39(36)37)8-5-9-25(23)34(19)28-31-27(29-17-20-6-3-2-4-7-20)26-11-10-24(35(26)32-28)21-12-14-38-15-13-21/h2-11,16,21,30,33H,12-15,17-18H2,1H3,(H,36,37)(H,29,31,32). The van der Waals surface area contributed by atoms with Crippen molar-refractivity contribution in [1.29, 1.82) is 0 Å². The molecule has 39 heavy (non-hydrogen) atoms. The lowest BCUT2D eigenvalue weighted by molar-refractivity contribution is 0.0841. The number of nitrogens with zero attached hydrogens (tertiary/aromatic N) is 4. The van der Waals surface area contributed by atoms with Gasteiger partial charge in [0.05, 0.1) is 5.52 Å². The SMILES string of the molecule is Cc1cc2c(CNNS(=O)O)cccc2n1-c1nc(NCc2ccccc2)c2ccc(C3CCOCC3)n2n1. The normalized spacial score (nSPS) is 15.2. The van der Waals surface area contributed by atoms with Crippen molar-refractivity contribution in [2.24, 2.45) is 0 Å². The van der Waals surface area contributed by atoms with Crippen LogP contribution in [0.15, 0.2) is 66.7 Å². The molecule has 0 aliphatic carbocycles. The maximum absolute atomic E-state index is 11.0. The van der Waals surface area contributed by atoms with Crippen molar-refractivity contribution < 1.29 is 13.5 Å². The summed E-state index contributed by atoms with van der Waals surface area (Å²) in [4.78, 5) is 7.36. The molecular weight excluding hydrogens is 514 g/mol. The number of ether oxygens (including phenoxy) is 1. The number of aryl methyl sites for hydroxylation is 1. The molecular formula is C28H31N7O3S. The summed E-state index contributed by atoms with van der Waals surface area (Å²) in [7, 11) is 0. The molecule has 0 radical (unpaired) electrons. The molecule has 1 aliphatic heterocycles. The van der Waals surface area contributed by atoms with Crippen LogP contribution in [0.4, 0.5) is 5.82 Å². The van der Waals surface area contributed by atoms with E-state index in [4.69, 9.17) is 19.4 Å². The monoisotopic (exact) mass is 545 g/mol. The van der Waals surface area contributed by atoms with Gasteiger partial charge in [-0.2, -0.15) is 9.82 Å². The van der Waals surface area contributed by atoms with Gasteiger partial charge in [-0.05, 0) is 55.2 Å². The fraction of sp³-hybridized carbons (Fsp3) is 0.286. The average molecular weight is 546 g/mol. The first-order chi connectivity index (χ1) is 19.1. The average Bonchev–Trinajstić information content (AvgIpc) is 3.53. The quantitative estimate of drug-likeness (QED) is 0.162. The molecule has 10 nitrogen and oxygen atoms in total. The highest BCUT2D eigenvalue weighted by Gasteiger charge is 2.22. The van der Waals surface area contributed by atoms with E-state index >= 15 is 0 Å². The van der Waals surface area contributed by atoms with Crippen LogP contribution in [-0.4, -0.2) is 41.1 Å². The van der Waals surface area contributed by atoms with Gasteiger partial charge in [0, 0.05) is 49.0 Å². The Balaban J connectivity index is 1.45. The summed E-state index contributed by atoms with van der Waals surface area (Å²) in [6.45, 7) is 4.57. The van der Waals surface area contributed by atoms with Crippen LogP contribution in [0.3, 0.4) is 0 Å². The van der Waals surface area contributed by atoms with Crippen molar-refractivity contribution >= 4 is 33.5 Å². The molecule has 1 aliphatic rings. The molecule has 202 valence electrons. The number of aromatic nitrogens is 4. The van der Waals surface area contributed by atoms with E-state index in [9.17, 15) is 4.21 Å². The summed E-state index contributed by atoms with van der Waals surface area (Å²) in [6, 6.07) is 22.7. The minimum absolute atomic E-state index is 0.371. The van der Waals surface area contributed by atoms with Crippen molar-refractivity contribution in [1.82, 2.24) is 29.4 Å². The largest absolute Gasteiger partial charge is 0.381 e. The third-order valence-corrected chi connectivity index (χ3v) is 7.55. The van der Waals surface area contributed by atoms with E-state index in [2.05, 4.69) is 50.5 Å². The highest BCUT2D eigenvalue weighted by Crippen LogP contribution is 2.31. The van der Waals surface area contributed by atoms with Crippen LogP contribution < -0.4 is 15.6 Å². The first kappa shape index (κ1) is 25.7. The summed E-state index contributed by atoms with van der Waals surface area (Å²) in [5.74, 6) is 1.72. The van der Waals surface area contributed by atoms with Gasteiger partial charge < -0.3 is 10.1 Å². The Morgan fingerprint density at radius 1 is 1.03 bits per heavy atom. The summed E-state index contributed by atoms with van der Waals surface area (Å²) >= 11 is -2.14. The molecule has 11 heteroatoms. The van der Waals surface area contributed by atoms with E-state index < -0.39 is 11.3 Å². The zero-order valence-electron chi connectivity index (χ0n) is 21.6. The molecule has 4 heterocycles. The summed E-state index contributed by atoms with van der Waals surface area (Å²) in [5.41, 5.74) is 9.02. The molecule has 1 atom stereocenters. The van der Waals surface area contributed by atoms with E-state index in [0.29, 0.717) is 25.0 Å². The van der Waals surface area contributed by atoms with Crippen LogP contribution in [0.25, 0.3) is 22.4 Å². The molecule has 5 aromatic rings. The van der Waals surface area contributed by atoms with Gasteiger partial charge in [-0.25, -0.2) is 14.2 Å². The molecule has 6 rings (SSSR count). The Hall–Kier alpha value is -3.61. The lowest BCUT2D eigenvalue weighted by Crippen LogP contribution is -2.32. The Kier molecular flexibility index (Phi) is 7.40. The Labute approximate surface area is 228 Å². The molecule has 1 unspecified atom stereocenters. The smallest absolute Gasteiger partial charge is 0.254 e. The first-order valence-electron chi connectivity index (χ1n) is 13.0. The number of hydrogen-bond acceptors (Lipinski definition) is 6. The molecule has 4 N–H and O–H groups in total. The van der Waals surface area contributed by atoms with Crippen molar-refractivity contribution in [2.75, 3.05) is 18.5 Å². The second-order valence-corrected chi connectivity index (χ2v) is 10.4. The van der Waals surface area contributed by atoms with E-state index in [1.807, 2.05) is 47.8 Å². The summed E-state index contributed by atoms with van der Waals surface area (Å²) in [5, 5.41) is 9.66. The zero-order valence-corrected chi connectivity index (χ0v) is 22.4. The molecule has 0 saturated carbocycles. The van der Waals surface area contributed by atoms with Crippen molar-refractivity contribution in [3.8, 4) is 5.95 Å². The van der Waals surface area contributed by atoms with Crippen molar-refractivity contribution in [3.05, 3.63) is 89.2 Å². The minimum atomic E-state index is -2.14. The van der Waals surface area contributed by atoms with E-state index in [-0.39, 0.29) is 0 Å². The van der Waals surface area contributed by atoms with Gasteiger partial charge in [-0.1, -0.05) is 42.5 Å². The second kappa shape index (κ2) is 11.2. The molecule has 0 bridgehead atoms. The number of hydrogen-bond donors (Lipinski definition) is 4. The Morgan fingerprint density at radius 2 is 1.85 bits per heavy atom. The summed E-state index contributed by atoms with van der Waals surface area (Å²) < 4.78 is 29.8. The number of hydrazine groups is 1. The van der Waals surface area contributed by atoms with Crippen LogP contribution in [0.5, 0.6) is 0 Å². The van der Waals surface area contributed by atoms with Crippen LogP contribution in [0.2, 0.25) is 0 Å². The predicted molar refractivity (Wildman–Crippen MR) is 152 cm³/mol. The molecule has 3 aromatic heterocycles. The van der Waals surface area contributed by atoms with Crippen LogP contribution in [0.1, 0.15) is 41.3 Å². The minimum Gasteiger partial charge on any atom is -0.381 e. The summed E-state index contributed by atoms with van der Waals surface area (Å²) in [6.07, 6.45) is 1.93. The number of benzene rings is 2. The van der Waals surface area contributed by atoms with Gasteiger partial charge in [-0.3, -0.25) is 9.12 Å². The zero-order chi connectivity index (χ0) is 26.8. The highest BCUT2D eigenvalue weighted by molar-refractivity contribution is 7.77. The highest BCUT2D eigenvalue weighted by atomic mass is 32.2. The van der Waals surface area contributed by atoms with Gasteiger partial charge in [0.1, 0.15) is 5.52 Å². The molecule has 2 aromatic carbocycles. The van der Waals surface area contributed by atoms with Gasteiger partial charge in [0.25, 0.3) is 5.95 Å². The van der Waals surface area contributed by atoms with Crippen molar-refractivity contribution in [3.63, 3.8) is 0 Å². The third-order valence-electron chi connectivity index (χ3n) is 7.23. The van der Waals surface area contributed by atoms with E-state index in [0.717, 1.165) is 59.6 Å². The second-order valence-electron chi connectivity index (χ2n) is 9.72. The number of rotatable bonds is 9. The fourth-order valence-corrected chi connectivity index (χ4v) is 5.55. The molecule has 1 saturated heterocycles. The van der Waals surface area contributed by atoms with Gasteiger partial charge in [-0.15, -0.1) is 5.10 Å². The fourth-order valence-electron chi connectivity index (χ4n) is 5.35. The number of nitrogens with one attached hydrogen (secondary N) is 3. The maximum Gasteiger partial charge on any atom is 0.254 e.